The number of para-hydroxylation sites is 1. The molecule has 3 aromatic rings. The van der Waals surface area contributed by atoms with Crippen LogP contribution in [0.25, 0.3) is 10.9 Å². The van der Waals surface area contributed by atoms with Gasteiger partial charge in [-0.2, -0.15) is 0 Å². The van der Waals surface area contributed by atoms with Crippen molar-refractivity contribution in [3.8, 4) is 5.75 Å². The van der Waals surface area contributed by atoms with Crippen LogP contribution in [0.4, 0.5) is 0 Å². The Balaban J connectivity index is 1.44. The summed E-state index contributed by atoms with van der Waals surface area (Å²) in [5.41, 5.74) is 5.09. The molecule has 128 valence electrons. The van der Waals surface area contributed by atoms with Crippen molar-refractivity contribution in [3.05, 3.63) is 65.4 Å². The Morgan fingerprint density at radius 1 is 1.12 bits per heavy atom. The number of hydrogen-bond donors (Lipinski definition) is 1. The van der Waals surface area contributed by atoms with Gasteiger partial charge in [0.05, 0.1) is 0 Å². The van der Waals surface area contributed by atoms with Crippen LogP contribution in [-0.2, 0) is 17.6 Å². The van der Waals surface area contributed by atoms with Gasteiger partial charge in [-0.3, -0.25) is 4.79 Å². The minimum absolute atomic E-state index is 0.0505. The molecule has 0 atom stereocenters. The van der Waals surface area contributed by atoms with Crippen molar-refractivity contribution >= 4 is 16.8 Å². The number of carbonyl (C=O) groups excluding carboxylic acids is 1. The van der Waals surface area contributed by atoms with Crippen molar-refractivity contribution in [2.24, 2.45) is 0 Å². The standard InChI is InChI=1S/C21H22N2O2/c1-15-7-8-19-18(13-15)17-9-11-23(12-10-20(17)22-19)21(24)14-25-16-5-3-2-4-6-16/h2-8,13,22H,9-12,14H2,1H3. The largest absolute Gasteiger partial charge is 0.484 e. The van der Waals surface area contributed by atoms with Crippen LogP contribution in [-0.4, -0.2) is 35.5 Å². The average molecular weight is 334 g/mol. The zero-order valence-electron chi connectivity index (χ0n) is 14.4. The number of amides is 1. The fourth-order valence-corrected chi connectivity index (χ4v) is 3.52. The summed E-state index contributed by atoms with van der Waals surface area (Å²) < 4.78 is 5.61. The maximum absolute atomic E-state index is 12.5. The van der Waals surface area contributed by atoms with E-state index in [1.807, 2.05) is 35.2 Å². The third-order valence-corrected chi connectivity index (χ3v) is 4.87. The molecule has 1 aliphatic heterocycles. The molecular weight excluding hydrogens is 312 g/mol. The third-order valence-electron chi connectivity index (χ3n) is 4.87. The zero-order chi connectivity index (χ0) is 17.2. The molecule has 25 heavy (non-hydrogen) atoms. The van der Waals surface area contributed by atoms with Crippen LogP contribution in [0.15, 0.2) is 48.5 Å². The number of aromatic nitrogens is 1. The van der Waals surface area contributed by atoms with E-state index in [1.54, 1.807) is 0 Å². The fourth-order valence-electron chi connectivity index (χ4n) is 3.52. The van der Waals surface area contributed by atoms with Crippen LogP contribution >= 0.6 is 0 Å². The van der Waals surface area contributed by atoms with Gasteiger partial charge in [-0.25, -0.2) is 0 Å². The van der Waals surface area contributed by atoms with Gasteiger partial charge in [0.2, 0.25) is 0 Å². The van der Waals surface area contributed by atoms with Gasteiger partial charge in [0.1, 0.15) is 5.75 Å². The molecule has 4 rings (SSSR count). The van der Waals surface area contributed by atoms with E-state index >= 15 is 0 Å². The van der Waals surface area contributed by atoms with Gasteiger partial charge >= 0.3 is 0 Å². The fraction of sp³-hybridized carbons (Fsp3) is 0.286. The molecule has 2 heterocycles. The number of aryl methyl sites for hydroxylation is 1. The Hall–Kier alpha value is -2.75. The van der Waals surface area contributed by atoms with E-state index in [4.69, 9.17) is 4.74 Å². The van der Waals surface area contributed by atoms with Gasteiger partial charge in [-0.1, -0.05) is 29.8 Å². The Bertz CT molecular complexity index is 899. The maximum atomic E-state index is 12.5. The monoisotopic (exact) mass is 334 g/mol. The summed E-state index contributed by atoms with van der Waals surface area (Å²) in [6.07, 6.45) is 1.75. The molecule has 1 N–H and O–H groups in total. The molecule has 0 fully saturated rings. The van der Waals surface area contributed by atoms with Crippen LogP contribution in [0.5, 0.6) is 5.75 Å². The highest BCUT2D eigenvalue weighted by atomic mass is 16.5. The zero-order valence-corrected chi connectivity index (χ0v) is 14.4. The Morgan fingerprint density at radius 3 is 2.76 bits per heavy atom. The Labute approximate surface area is 147 Å². The lowest BCUT2D eigenvalue weighted by Crippen LogP contribution is -2.36. The second-order valence-electron chi connectivity index (χ2n) is 6.61. The number of carbonyl (C=O) groups is 1. The smallest absolute Gasteiger partial charge is 0.260 e. The number of rotatable bonds is 3. The lowest BCUT2D eigenvalue weighted by atomic mass is 10.1. The van der Waals surface area contributed by atoms with E-state index in [-0.39, 0.29) is 12.5 Å². The van der Waals surface area contributed by atoms with E-state index in [2.05, 4.69) is 30.1 Å². The van der Waals surface area contributed by atoms with E-state index < -0.39 is 0 Å². The van der Waals surface area contributed by atoms with Crippen LogP contribution in [0.2, 0.25) is 0 Å². The molecule has 0 radical (unpaired) electrons. The summed E-state index contributed by atoms with van der Waals surface area (Å²) in [5, 5.41) is 1.30. The molecular formula is C21H22N2O2. The summed E-state index contributed by atoms with van der Waals surface area (Å²) in [6.45, 7) is 3.69. The topological polar surface area (TPSA) is 45.3 Å². The van der Waals surface area contributed by atoms with Crippen molar-refractivity contribution in [1.82, 2.24) is 9.88 Å². The first-order valence-corrected chi connectivity index (χ1v) is 8.76. The predicted octanol–water partition coefficient (Wildman–Crippen LogP) is 3.48. The summed E-state index contributed by atoms with van der Waals surface area (Å²) in [6, 6.07) is 16.0. The molecule has 0 saturated carbocycles. The molecule has 0 spiro atoms. The highest BCUT2D eigenvalue weighted by molar-refractivity contribution is 5.86. The van der Waals surface area contributed by atoms with Gasteiger partial charge in [-0.05, 0) is 43.2 Å². The minimum Gasteiger partial charge on any atom is -0.484 e. The molecule has 0 unspecified atom stereocenters. The normalized spacial score (nSPS) is 14.2. The lowest BCUT2D eigenvalue weighted by molar-refractivity contribution is -0.133. The van der Waals surface area contributed by atoms with Crippen molar-refractivity contribution in [2.45, 2.75) is 19.8 Å². The quantitative estimate of drug-likeness (QED) is 0.797. The van der Waals surface area contributed by atoms with E-state index in [0.29, 0.717) is 0 Å². The van der Waals surface area contributed by atoms with Gasteiger partial charge in [0.25, 0.3) is 5.91 Å². The molecule has 2 aromatic carbocycles. The second-order valence-corrected chi connectivity index (χ2v) is 6.61. The van der Waals surface area contributed by atoms with E-state index in [0.717, 1.165) is 31.7 Å². The Morgan fingerprint density at radius 2 is 1.92 bits per heavy atom. The first kappa shape index (κ1) is 15.8. The van der Waals surface area contributed by atoms with Crippen molar-refractivity contribution in [1.29, 1.82) is 0 Å². The molecule has 1 aromatic heterocycles. The highest BCUT2D eigenvalue weighted by Crippen LogP contribution is 2.26. The number of nitrogens with zero attached hydrogens (tertiary/aromatic N) is 1. The summed E-state index contributed by atoms with van der Waals surface area (Å²) in [5.74, 6) is 0.784. The highest BCUT2D eigenvalue weighted by Gasteiger charge is 2.21. The summed E-state index contributed by atoms with van der Waals surface area (Å²) in [4.78, 5) is 18.0. The van der Waals surface area contributed by atoms with Gasteiger partial charge < -0.3 is 14.6 Å². The molecule has 4 nitrogen and oxygen atoms in total. The van der Waals surface area contributed by atoms with Crippen molar-refractivity contribution < 1.29 is 9.53 Å². The first-order chi connectivity index (χ1) is 12.2. The van der Waals surface area contributed by atoms with Crippen molar-refractivity contribution in [2.75, 3.05) is 19.7 Å². The lowest BCUT2D eigenvalue weighted by Gasteiger charge is -2.20. The number of nitrogens with one attached hydrogen (secondary N) is 1. The third kappa shape index (κ3) is 3.25. The number of fused-ring (bicyclic) bond motifs is 3. The van der Waals surface area contributed by atoms with Crippen LogP contribution < -0.4 is 4.74 Å². The molecule has 1 aliphatic rings. The average Bonchev–Trinajstić information content (AvgIpc) is 2.83. The minimum atomic E-state index is 0.0505. The number of aromatic amines is 1. The number of hydrogen-bond acceptors (Lipinski definition) is 2. The molecule has 4 heteroatoms. The number of ether oxygens (including phenoxy) is 1. The Kier molecular flexibility index (Phi) is 4.18. The van der Waals surface area contributed by atoms with Gasteiger partial charge in [-0.15, -0.1) is 0 Å². The van der Waals surface area contributed by atoms with E-state index in [9.17, 15) is 4.79 Å². The number of benzene rings is 2. The summed E-state index contributed by atoms with van der Waals surface area (Å²) in [7, 11) is 0. The first-order valence-electron chi connectivity index (χ1n) is 8.76. The molecule has 0 saturated heterocycles. The van der Waals surface area contributed by atoms with Crippen LogP contribution in [0.1, 0.15) is 16.8 Å². The van der Waals surface area contributed by atoms with Gasteiger partial charge in [0, 0.05) is 36.1 Å². The molecule has 0 aliphatic carbocycles. The summed E-state index contributed by atoms with van der Waals surface area (Å²) >= 11 is 0. The van der Waals surface area contributed by atoms with E-state index in [1.165, 1.54) is 27.7 Å². The van der Waals surface area contributed by atoms with Crippen LogP contribution in [0, 0.1) is 6.92 Å². The van der Waals surface area contributed by atoms with Gasteiger partial charge in [0.15, 0.2) is 6.61 Å². The van der Waals surface area contributed by atoms with Crippen LogP contribution in [0.3, 0.4) is 0 Å². The molecule has 0 bridgehead atoms. The predicted molar refractivity (Wildman–Crippen MR) is 99.0 cm³/mol. The number of H-pyrrole nitrogens is 1. The maximum Gasteiger partial charge on any atom is 0.260 e. The van der Waals surface area contributed by atoms with Crippen molar-refractivity contribution in [3.63, 3.8) is 0 Å². The second kappa shape index (κ2) is 6.63. The molecule has 1 amide bonds. The SMILES string of the molecule is Cc1ccc2[nH]c3c(c2c1)CCN(C(=O)COc1ccccc1)CC3.